The summed E-state index contributed by atoms with van der Waals surface area (Å²) in [6.45, 7) is 0.508. The van der Waals surface area contributed by atoms with Crippen molar-refractivity contribution in [3.8, 4) is 11.4 Å². The van der Waals surface area contributed by atoms with Crippen LogP contribution in [0.4, 0.5) is 21.7 Å². The third-order valence-electron chi connectivity index (χ3n) is 3.90. The maximum Gasteiger partial charge on any atom is 0.163 e. The van der Waals surface area contributed by atoms with Gasteiger partial charge in [-0.15, -0.1) is 0 Å². The van der Waals surface area contributed by atoms with Gasteiger partial charge in [0.15, 0.2) is 5.82 Å². The number of anilines is 3. The van der Waals surface area contributed by atoms with Gasteiger partial charge in [0.1, 0.15) is 23.2 Å². The molecule has 5 nitrogen and oxygen atoms in total. The largest absolute Gasteiger partial charge is 0.467 e. The van der Waals surface area contributed by atoms with Crippen molar-refractivity contribution in [2.45, 2.75) is 6.54 Å². The third kappa shape index (κ3) is 4.30. The highest BCUT2D eigenvalue weighted by Crippen LogP contribution is 2.23. The highest BCUT2D eigenvalue weighted by Gasteiger charge is 2.08. The molecule has 0 saturated carbocycles. The van der Waals surface area contributed by atoms with E-state index < -0.39 is 0 Å². The molecule has 0 bridgehead atoms. The van der Waals surface area contributed by atoms with Crippen LogP contribution in [0, 0.1) is 5.82 Å². The molecule has 134 valence electrons. The van der Waals surface area contributed by atoms with E-state index in [0.717, 1.165) is 17.0 Å². The van der Waals surface area contributed by atoms with Gasteiger partial charge in [-0.25, -0.2) is 14.4 Å². The Balaban J connectivity index is 1.64. The quantitative estimate of drug-likeness (QED) is 0.493. The second kappa shape index (κ2) is 7.70. The van der Waals surface area contributed by atoms with E-state index >= 15 is 0 Å². The zero-order valence-electron chi connectivity index (χ0n) is 14.4. The summed E-state index contributed by atoms with van der Waals surface area (Å²) in [6.07, 6.45) is 1.63. The zero-order chi connectivity index (χ0) is 18.5. The fourth-order valence-corrected chi connectivity index (χ4v) is 2.59. The minimum atomic E-state index is -0.283. The number of aromatic nitrogens is 2. The number of nitrogens with zero attached hydrogens (tertiary/aromatic N) is 2. The molecule has 0 atom stereocenters. The van der Waals surface area contributed by atoms with Gasteiger partial charge in [0.25, 0.3) is 0 Å². The summed E-state index contributed by atoms with van der Waals surface area (Å²) < 4.78 is 18.5. The molecule has 0 amide bonds. The summed E-state index contributed by atoms with van der Waals surface area (Å²) in [4.78, 5) is 9.18. The van der Waals surface area contributed by atoms with Crippen LogP contribution in [0.1, 0.15) is 5.76 Å². The molecule has 4 aromatic rings. The fraction of sp³-hybridized carbons (Fsp3) is 0.0476. The number of benzene rings is 2. The van der Waals surface area contributed by atoms with Crippen LogP contribution in [0.5, 0.6) is 0 Å². The van der Waals surface area contributed by atoms with Crippen LogP contribution in [0.15, 0.2) is 83.5 Å². The first-order chi connectivity index (χ1) is 13.3. The predicted molar refractivity (Wildman–Crippen MR) is 103 cm³/mol. The van der Waals surface area contributed by atoms with Crippen LogP contribution in [0.3, 0.4) is 0 Å². The van der Waals surface area contributed by atoms with Crippen molar-refractivity contribution >= 4 is 17.3 Å². The number of halogens is 1. The Hall–Kier alpha value is -3.67. The van der Waals surface area contributed by atoms with Crippen molar-refractivity contribution in [1.29, 1.82) is 0 Å². The van der Waals surface area contributed by atoms with E-state index in [4.69, 9.17) is 4.42 Å². The van der Waals surface area contributed by atoms with E-state index in [1.807, 2.05) is 42.5 Å². The van der Waals surface area contributed by atoms with Gasteiger partial charge in [-0.05, 0) is 36.4 Å². The molecular weight excluding hydrogens is 343 g/mol. The molecule has 2 heterocycles. The molecule has 0 spiro atoms. The normalized spacial score (nSPS) is 10.6. The average Bonchev–Trinajstić information content (AvgIpc) is 3.22. The first-order valence-corrected chi connectivity index (χ1v) is 8.50. The summed E-state index contributed by atoms with van der Waals surface area (Å²) >= 11 is 0. The summed E-state index contributed by atoms with van der Waals surface area (Å²) in [5.74, 6) is 2.38. The Morgan fingerprint density at radius 3 is 2.37 bits per heavy atom. The molecule has 0 unspecified atom stereocenters. The lowest BCUT2D eigenvalue weighted by Gasteiger charge is -2.11. The maximum absolute atomic E-state index is 13.1. The van der Waals surface area contributed by atoms with Crippen LogP contribution >= 0.6 is 0 Å². The lowest BCUT2D eigenvalue weighted by molar-refractivity contribution is 0.518. The number of rotatable bonds is 6. The molecule has 0 radical (unpaired) electrons. The van der Waals surface area contributed by atoms with Gasteiger partial charge in [-0.2, -0.15) is 0 Å². The highest BCUT2D eigenvalue weighted by molar-refractivity contribution is 5.65. The average molecular weight is 360 g/mol. The smallest absolute Gasteiger partial charge is 0.163 e. The van der Waals surface area contributed by atoms with Gasteiger partial charge < -0.3 is 15.1 Å². The maximum atomic E-state index is 13.1. The van der Waals surface area contributed by atoms with E-state index in [-0.39, 0.29) is 5.82 Å². The molecule has 0 aliphatic heterocycles. The molecular formula is C21H17FN4O. The van der Waals surface area contributed by atoms with Crippen molar-refractivity contribution in [3.05, 3.63) is 90.6 Å². The van der Waals surface area contributed by atoms with Crippen molar-refractivity contribution in [3.63, 3.8) is 0 Å². The van der Waals surface area contributed by atoms with E-state index in [0.29, 0.717) is 24.0 Å². The minimum absolute atomic E-state index is 0.283. The molecule has 4 rings (SSSR count). The monoisotopic (exact) mass is 360 g/mol. The second-order valence-corrected chi connectivity index (χ2v) is 5.89. The van der Waals surface area contributed by atoms with Crippen LogP contribution in [0.25, 0.3) is 11.4 Å². The van der Waals surface area contributed by atoms with Gasteiger partial charge in [-0.1, -0.05) is 30.3 Å². The molecule has 0 aliphatic carbocycles. The molecule has 27 heavy (non-hydrogen) atoms. The number of hydrogen-bond donors (Lipinski definition) is 2. The molecule has 2 aromatic heterocycles. The number of hydrogen-bond acceptors (Lipinski definition) is 5. The molecule has 0 saturated heterocycles. The Labute approximate surface area is 155 Å². The van der Waals surface area contributed by atoms with E-state index in [2.05, 4.69) is 20.6 Å². The summed E-state index contributed by atoms with van der Waals surface area (Å²) in [7, 11) is 0. The first kappa shape index (κ1) is 16.8. The summed E-state index contributed by atoms with van der Waals surface area (Å²) in [5.41, 5.74) is 1.65. The third-order valence-corrected chi connectivity index (χ3v) is 3.90. The Morgan fingerprint density at radius 1 is 0.852 bits per heavy atom. The Morgan fingerprint density at radius 2 is 1.63 bits per heavy atom. The van der Waals surface area contributed by atoms with Crippen molar-refractivity contribution in [1.82, 2.24) is 9.97 Å². The van der Waals surface area contributed by atoms with Crippen molar-refractivity contribution in [2.75, 3.05) is 10.6 Å². The number of nitrogens with one attached hydrogen (secondary N) is 2. The summed E-state index contributed by atoms with van der Waals surface area (Å²) in [5, 5.41) is 6.44. The van der Waals surface area contributed by atoms with Gasteiger partial charge >= 0.3 is 0 Å². The zero-order valence-corrected chi connectivity index (χ0v) is 14.4. The minimum Gasteiger partial charge on any atom is -0.467 e. The van der Waals surface area contributed by atoms with Crippen LogP contribution < -0.4 is 10.6 Å². The predicted octanol–water partition coefficient (Wildman–Crippen LogP) is 5.23. The molecule has 2 aromatic carbocycles. The SMILES string of the molecule is Fc1ccc(Nc2cc(NCc3ccco3)nc(-c3ccccc3)n2)cc1. The van der Waals surface area contributed by atoms with Crippen LogP contribution in [-0.2, 0) is 6.54 Å². The first-order valence-electron chi connectivity index (χ1n) is 8.50. The molecule has 0 aliphatic rings. The van der Waals surface area contributed by atoms with Crippen molar-refractivity contribution < 1.29 is 8.81 Å². The van der Waals surface area contributed by atoms with E-state index in [1.54, 1.807) is 24.5 Å². The van der Waals surface area contributed by atoms with E-state index in [9.17, 15) is 4.39 Å². The Bertz CT molecular complexity index is 1000. The summed E-state index contributed by atoms with van der Waals surface area (Å²) in [6, 6.07) is 21.4. The lowest BCUT2D eigenvalue weighted by atomic mass is 10.2. The second-order valence-electron chi connectivity index (χ2n) is 5.89. The highest BCUT2D eigenvalue weighted by atomic mass is 19.1. The standard InChI is InChI=1S/C21H17FN4O/c22-16-8-10-17(11-9-16)24-20-13-19(23-14-18-7-4-12-27-18)25-21(26-20)15-5-2-1-3-6-15/h1-13H,14H2,(H2,23,24,25,26). The van der Waals surface area contributed by atoms with Crippen molar-refractivity contribution in [2.24, 2.45) is 0 Å². The lowest BCUT2D eigenvalue weighted by Crippen LogP contribution is -2.04. The van der Waals surface area contributed by atoms with Gasteiger partial charge in [0.05, 0.1) is 12.8 Å². The van der Waals surface area contributed by atoms with E-state index in [1.165, 1.54) is 12.1 Å². The molecule has 0 fully saturated rings. The van der Waals surface area contributed by atoms with Gasteiger partial charge in [0, 0.05) is 17.3 Å². The van der Waals surface area contributed by atoms with Crippen LogP contribution in [0.2, 0.25) is 0 Å². The Kier molecular flexibility index (Phi) is 4.78. The fourth-order valence-electron chi connectivity index (χ4n) is 2.59. The molecule has 6 heteroatoms. The molecule has 2 N–H and O–H groups in total. The van der Waals surface area contributed by atoms with Crippen LogP contribution in [-0.4, -0.2) is 9.97 Å². The van der Waals surface area contributed by atoms with Gasteiger partial charge in [0.2, 0.25) is 0 Å². The number of furan rings is 1. The van der Waals surface area contributed by atoms with Gasteiger partial charge in [-0.3, -0.25) is 0 Å². The topological polar surface area (TPSA) is 63.0 Å².